The van der Waals surface area contributed by atoms with Crippen molar-refractivity contribution < 1.29 is 18.3 Å². The van der Waals surface area contributed by atoms with E-state index in [2.05, 4.69) is 11.8 Å². The van der Waals surface area contributed by atoms with Gasteiger partial charge in [-0.05, 0) is 25.1 Å². The lowest BCUT2D eigenvalue weighted by atomic mass is 10.1. The van der Waals surface area contributed by atoms with E-state index in [0.29, 0.717) is 6.54 Å². The minimum Gasteiger partial charge on any atom is -0.480 e. The molecule has 2 rings (SSSR count). The van der Waals surface area contributed by atoms with Crippen molar-refractivity contribution in [3.05, 3.63) is 30.3 Å². The van der Waals surface area contributed by atoms with Gasteiger partial charge in [-0.2, -0.15) is 4.31 Å². The summed E-state index contributed by atoms with van der Waals surface area (Å²) in [6, 6.07) is 7.01. The van der Waals surface area contributed by atoms with E-state index in [1.165, 1.54) is 18.6 Å². The molecule has 0 radical (unpaired) electrons. The predicted octanol–water partition coefficient (Wildman–Crippen LogP) is 2.03. The van der Waals surface area contributed by atoms with Crippen LogP contribution < -0.4 is 0 Å². The highest BCUT2D eigenvalue weighted by atomic mass is 32.2. The molecule has 0 saturated carbocycles. The zero-order valence-electron chi connectivity index (χ0n) is 14.1. The third-order valence-electron chi connectivity index (χ3n) is 4.38. The Balaban J connectivity index is 2.08. The Labute approximate surface area is 144 Å². The fourth-order valence-electron chi connectivity index (χ4n) is 3.00. The first kappa shape index (κ1) is 18.9. The maximum Gasteiger partial charge on any atom is 0.323 e. The van der Waals surface area contributed by atoms with Gasteiger partial charge < -0.3 is 5.11 Å². The van der Waals surface area contributed by atoms with Gasteiger partial charge in [-0.25, -0.2) is 8.42 Å². The number of carboxylic acid groups (broad SMARTS) is 1. The molecule has 24 heavy (non-hydrogen) atoms. The van der Waals surface area contributed by atoms with Gasteiger partial charge in [0.25, 0.3) is 0 Å². The Kier molecular flexibility index (Phi) is 6.77. The molecule has 134 valence electrons. The van der Waals surface area contributed by atoms with Crippen LogP contribution in [0.5, 0.6) is 0 Å². The fourth-order valence-corrected chi connectivity index (χ4v) is 4.59. The monoisotopic (exact) mass is 354 g/mol. The molecule has 7 heteroatoms. The van der Waals surface area contributed by atoms with E-state index in [4.69, 9.17) is 0 Å². The maximum absolute atomic E-state index is 12.8. The molecule has 1 N–H and O–H groups in total. The molecule has 1 atom stereocenters. The summed E-state index contributed by atoms with van der Waals surface area (Å²) in [5, 5.41) is 9.51. The van der Waals surface area contributed by atoms with Crippen molar-refractivity contribution in [1.29, 1.82) is 0 Å². The van der Waals surface area contributed by atoms with Crippen LogP contribution >= 0.6 is 0 Å². The molecule has 0 amide bonds. The first-order valence-electron chi connectivity index (χ1n) is 8.49. The van der Waals surface area contributed by atoms with Crippen molar-refractivity contribution in [2.24, 2.45) is 0 Å². The van der Waals surface area contributed by atoms with Gasteiger partial charge in [0, 0.05) is 19.6 Å². The average Bonchev–Trinajstić information content (AvgIpc) is 2.59. The molecule has 1 aliphatic rings. The van der Waals surface area contributed by atoms with Crippen molar-refractivity contribution in [2.75, 3.05) is 26.2 Å². The fraction of sp³-hybridized carbons (Fsp3) is 0.588. The van der Waals surface area contributed by atoms with Gasteiger partial charge in [-0.15, -0.1) is 0 Å². The molecule has 0 aliphatic carbocycles. The van der Waals surface area contributed by atoms with E-state index >= 15 is 0 Å². The molecule has 1 fully saturated rings. The van der Waals surface area contributed by atoms with Crippen molar-refractivity contribution in [3.63, 3.8) is 0 Å². The Bertz CT molecular complexity index is 633. The largest absolute Gasteiger partial charge is 0.480 e. The van der Waals surface area contributed by atoms with Gasteiger partial charge in [-0.3, -0.25) is 9.69 Å². The number of carbonyl (C=O) groups is 1. The maximum atomic E-state index is 12.8. The SMILES string of the molecule is CCCCCCN1CCN(S(=O)(=O)c2ccccc2)C(C(=O)O)C1. The molecule has 0 aromatic heterocycles. The summed E-state index contributed by atoms with van der Waals surface area (Å²) in [5.74, 6) is -1.09. The average molecular weight is 354 g/mol. The third-order valence-corrected chi connectivity index (χ3v) is 6.30. The zero-order valence-corrected chi connectivity index (χ0v) is 14.9. The molecule has 1 aromatic carbocycles. The van der Waals surface area contributed by atoms with Gasteiger partial charge in [0.05, 0.1) is 4.90 Å². The number of hydrogen-bond acceptors (Lipinski definition) is 4. The second-order valence-corrected chi connectivity index (χ2v) is 8.03. The third kappa shape index (κ3) is 4.55. The van der Waals surface area contributed by atoms with Crippen molar-refractivity contribution in [3.8, 4) is 0 Å². The zero-order chi connectivity index (χ0) is 17.6. The number of rotatable bonds is 8. The smallest absolute Gasteiger partial charge is 0.323 e. The molecule has 1 aromatic rings. The molecule has 1 unspecified atom stereocenters. The van der Waals surface area contributed by atoms with Crippen molar-refractivity contribution in [2.45, 2.75) is 43.5 Å². The lowest BCUT2D eigenvalue weighted by Gasteiger charge is -2.38. The lowest BCUT2D eigenvalue weighted by Crippen LogP contribution is -2.58. The predicted molar refractivity (Wildman–Crippen MR) is 92.3 cm³/mol. The van der Waals surface area contributed by atoms with E-state index in [1.54, 1.807) is 18.2 Å². The molecule has 1 aliphatic heterocycles. The van der Waals surface area contributed by atoms with Gasteiger partial charge in [0.15, 0.2) is 0 Å². The topological polar surface area (TPSA) is 77.9 Å². The van der Waals surface area contributed by atoms with Crippen LogP contribution in [0.3, 0.4) is 0 Å². The van der Waals surface area contributed by atoms with Crippen LogP contribution in [0.15, 0.2) is 35.2 Å². The Morgan fingerprint density at radius 1 is 1.17 bits per heavy atom. The number of hydrogen-bond donors (Lipinski definition) is 1. The second kappa shape index (κ2) is 8.60. The highest BCUT2D eigenvalue weighted by Gasteiger charge is 2.39. The summed E-state index contributed by atoms with van der Waals surface area (Å²) in [6.45, 7) is 3.99. The number of piperazine rings is 1. The Hall–Kier alpha value is -1.44. The lowest BCUT2D eigenvalue weighted by molar-refractivity contribution is -0.143. The number of nitrogens with zero attached hydrogens (tertiary/aromatic N) is 2. The second-order valence-electron chi connectivity index (χ2n) is 6.14. The number of unbranched alkanes of at least 4 members (excludes halogenated alkanes) is 3. The molecule has 0 spiro atoms. The van der Waals surface area contributed by atoms with E-state index in [9.17, 15) is 18.3 Å². The number of aliphatic carboxylic acids is 1. The molecule has 1 heterocycles. The van der Waals surface area contributed by atoms with E-state index < -0.39 is 22.0 Å². The van der Waals surface area contributed by atoms with Crippen LogP contribution in [-0.2, 0) is 14.8 Å². The summed E-state index contributed by atoms with van der Waals surface area (Å²) in [6.07, 6.45) is 4.47. The Morgan fingerprint density at radius 2 is 1.88 bits per heavy atom. The molecule has 6 nitrogen and oxygen atoms in total. The summed E-state index contributed by atoms with van der Waals surface area (Å²) in [4.78, 5) is 13.8. The van der Waals surface area contributed by atoms with Crippen LogP contribution in [0.4, 0.5) is 0 Å². The standard InChI is InChI=1S/C17H26N2O4S/c1-2-3-4-8-11-18-12-13-19(16(14-18)17(20)21)24(22,23)15-9-6-5-7-10-15/h5-7,9-10,16H,2-4,8,11-14H2,1H3,(H,20,21). The van der Waals surface area contributed by atoms with Crippen molar-refractivity contribution >= 4 is 16.0 Å². The Morgan fingerprint density at radius 3 is 2.50 bits per heavy atom. The normalized spacial score (nSPS) is 20.1. The summed E-state index contributed by atoms with van der Waals surface area (Å²) in [5.41, 5.74) is 0. The summed E-state index contributed by atoms with van der Waals surface area (Å²) < 4.78 is 26.6. The quantitative estimate of drug-likeness (QED) is 0.723. The minimum atomic E-state index is -3.78. The van der Waals surface area contributed by atoms with Gasteiger partial charge in [-0.1, -0.05) is 44.4 Å². The van der Waals surface area contributed by atoms with Crippen LogP contribution in [0.2, 0.25) is 0 Å². The van der Waals surface area contributed by atoms with Crippen molar-refractivity contribution in [1.82, 2.24) is 9.21 Å². The van der Waals surface area contributed by atoms with Crippen LogP contribution in [-0.4, -0.2) is 60.9 Å². The van der Waals surface area contributed by atoms with Crippen LogP contribution in [0.1, 0.15) is 32.6 Å². The summed E-state index contributed by atoms with van der Waals surface area (Å²) >= 11 is 0. The molecular formula is C17H26N2O4S. The van der Waals surface area contributed by atoms with E-state index in [1.807, 2.05) is 0 Å². The summed E-state index contributed by atoms with van der Waals surface area (Å²) in [7, 11) is -3.78. The van der Waals surface area contributed by atoms with Crippen LogP contribution in [0, 0.1) is 0 Å². The minimum absolute atomic E-state index is 0.146. The molecule has 0 bridgehead atoms. The van der Waals surface area contributed by atoms with Gasteiger partial charge >= 0.3 is 5.97 Å². The number of benzene rings is 1. The molecular weight excluding hydrogens is 328 g/mol. The number of sulfonamides is 1. The highest BCUT2D eigenvalue weighted by Crippen LogP contribution is 2.22. The van der Waals surface area contributed by atoms with Gasteiger partial charge in [0.1, 0.15) is 6.04 Å². The highest BCUT2D eigenvalue weighted by molar-refractivity contribution is 7.89. The first-order valence-corrected chi connectivity index (χ1v) is 9.93. The number of carboxylic acids is 1. The first-order chi connectivity index (χ1) is 11.5. The van der Waals surface area contributed by atoms with Gasteiger partial charge in [0.2, 0.25) is 10.0 Å². The molecule has 1 saturated heterocycles. The van der Waals surface area contributed by atoms with E-state index in [0.717, 1.165) is 30.1 Å². The van der Waals surface area contributed by atoms with Crippen LogP contribution in [0.25, 0.3) is 0 Å². The van der Waals surface area contributed by atoms with E-state index in [-0.39, 0.29) is 18.0 Å².